The second-order valence-corrected chi connectivity index (χ2v) is 11.7. The summed E-state index contributed by atoms with van der Waals surface area (Å²) in [5.74, 6) is 1.87. The van der Waals surface area contributed by atoms with Crippen molar-refractivity contribution in [2.24, 2.45) is 0 Å². The number of benzene rings is 1. The number of carbonyl (C=O) groups is 2. The second-order valence-electron chi connectivity index (χ2n) is 9.77. The molecule has 2 aromatic heterocycles. The Morgan fingerprint density at radius 1 is 1.05 bits per heavy atom. The van der Waals surface area contributed by atoms with Crippen molar-refractivity contribution in [1.82, 2.24) is 19.8 Å². The van der Waals surface area contributed by atoms with Gasteiger partial charge < -0.3 is 19.4 Å². The molecule has 3 aromatic rings. The van der Waals surface area contributed by atoms with Crippen LogP contribution in [0.25, 0.3) is 0 Å². The minimum Gasteiger partial charge on any atom is -0.492 e. The van der Waals surface area contributed by atoms with Crippen LogP contribution in [0.5, 0.6) is 5.75 Å². The number of nitrogens with zero attached hydrogens (tertiary/aromatic N) is 5. The summed E-state index contributed by atoms with van der Waals surface area (Å²) in [6.07, 6.45) is 5.20. The Kier molecular flexibility index (Phi) is 9.38. The van der Waals surface area contributed by atoms with Gasteiger partial charge in [0.15, 0.2) is 0 Å². The molecule has 1 aromatic carbocycles. The lowest BCUT2D eigenvalue weighted by molar-refractivity contribution is 0.0708. The van der Waals surface area contributed by atoms with Gasteiger partial charge in [0.1, 0.15) is 16.5 Å². The number of likely N-dealkylation sites (tertiary alicyclic amines) is 1. The third-order valence-electron chi connectivity index (χ3n) is 7.28. The Morgan fingerprint density at radius 2 is 1.80 bits per heavy atom. The Bertz CT molecular complexity index is 1330. The van der Waals surface area contributed by atoms with Crippen molar-refractivity contribution in [1.29, 1.82) is 0 Å². The van der Waals surface area contributed by atoms with E-state index in [1.165, 1.54) is 11.8 Å². The molecule has 2 saturated heterocycles. The molecule has 40 heavy (non-hydrogen) atoms. The molecule has 0 atom stereocenters. The number of hydrogen-bond donors (Lipinski definition) is 0. The molecule has 2 aliphatic rings. The minimum atomic E-state index is -0.00557. The van der Waals surface area contributed by atoms with Crippen LogP contribution in [0.15, 0.2) is 65.7 Å². The highest BCUT2D eigenvalue weighted by atomic mass is 32.2. The van der Waals surface area contributed by atoms with Crippen LogP contribution >= 0.6 is 23.1 Å². The van der Waals surface area contributed by atoms with Crippen molar-refractivity contribution in [3.05, 3.63) is 76.9 Å². The van der Waals surface area contributed by atoms with Gasteiger partial charge in [-0.25, -0.2) is 9.97 Å². The standard InChI is InChI=1S/C30H35N5O3S2/c1-3-20-39-28-23(8-7-13-31-28)29(36)34-14-11-22(12-15-34)27-32-24(21-40-27)30(37)35-18-16-33(17-19-35)25-9-5-6-10-26(25)38-4-2/h3,5-10,13,21-22H,1,4,11-12,14-20H2,2H3. The van der Waals surface area contributed by atoms with Crippen LogP contribution in [0.4, 0.5) is 5.69 Å². The van der Waals surface area contributed by atoms with E-state index < -0.39 is 0 Å². The third-order valence-corrected chi connectivity index (χ3v) is 9.29. The molecule has 10 heteroatoms. The number of pyridine rings is 1. The van der Waals surface area contributed by atoms with Crippen LogP contribution < -0.4 is 9.64 Å². The van der Waals surface area contributed by atoms with E-state index in [0.29, 0.717) is 49.8 Å². The van der Waals surface area contributed by atoms with E-state index in [0.717, 1.165) is 47.4 Å². The maximum absolute atomic E-state index is 13.3. The topological polar surface area (TPSA) is 78.9 Å². The lowest BCUT2D eigenvalue weighted by Crippen LogP contribution is -2.49. The molecule has 0 spiro atoms. The number of thioether (sulfide) groups is 1. The number of aromatic nitrogens is 2. The van der Waals surface area contributed by atoms with Gasteiger partial charge in [-0.2, -0.15) is 0 Å². The molecule has 5 rings (SSSR count). The van der Waals surface area contributed by atoms with Gasteiger partial charge in [0.05, 0.1) is 22.9 Å². The van der Waals surface area contributed by atoms with Gasteiger partial charge in [-0.15, -0.1) is 29.7 Å². The number of thiazole rings is 1. The van der Waals surface area contributed by atoms with E-state index in [9.17, 15) is 9.59 Å². The number of para-hydroxylation sites is 2. The van der Waals surface area contributed by atoms with Crippen molar-refractivity contribution in [3.8, 4) is 5.75 Å². The summed E-state index contributed by atoms with van der Waals surface area (Å²) in [6, 6.07) is 11.7. The second kappa shape index (κ2) is 13.3. The quantitative estimate of drug-likeness (QED) is 0.256. The molecular weight excluding hydrogens is 542 g/mol. The Morgan fingerprint density at radius 3 is 2.55 bits per heavy atom. The number of hydrogen-bond acceptors (Lipinski definition) is 8. The number of piperidine rings is 1. The number of ether oxygens (including phenoxy) is 1. The number of rotatable bonds is 9. The average molecular weight is 578 g/mol. The van der Waals surface area contributed by atoms with Crippen molar-refractivity contribution in [2.45, 2.75) is 30.7 Å². The highest BCUT2D eigenvalue weighted by molar-refractivity contribution is 7.99. The SMILES string of the molecule is C=CCSc1ncccc1C(=O)N1CCC(c2nc(C(=O)N3CCN(c4ccccc4OCC)CC3)cs2)CC1. The van der Waals surface area contributed by atoms with Crippen LogP contribution in [0, 0.1) is 0 Å². The minimum absolute atomic E-state index is 0.00557. The maximum Gasteiger partial charge on any atom is 0.273 e. The van der Waals surface area contributed by atoms with E-state index in [1.54, 1.807) is 17.5 Å². The maximum atomic E-state index is 13.3. The van der Waals surface area contributed by atoms with E-state index in [2.05, 4.69) is 22.5 Å². The first kappa shape index (κ1) is 28.2. The van der Waals surface area contributed by atoms with Gasteiger partial charge in [0.25, 0.3) is 11.8 Å². The Hall–Kier alpha value is -3.37. The molecule has 2 aliphatic heterocycles. The molecule has 0 N–H and O–H groups in total. The smallest absolute Gasteiger partial charge is 0.273 e. The predicted octanol–water partition coefficient (Wildman–Crippen LogP) is 5.20. The first-order valence-electron chi connectivity index (χ1n) is 13.8. The lowest BCUT2D eigenvalue weighted by Gasteiger charge is -2.36. The van der Waals surface area contributed by atoms with E-state index in [-0.39, 0.29) is 17.7 Å². The van der Waals surface area contributed by atoms with Crippen molar-refractivity contribution in [2.75, 3.05) is 56.5 Å². The van der Waals surface area contributed by atoms with Crippen molar-refractivity contribution < 1.29 is 14.3 Å². The normalized spacial score (nSPS) is 16.2. The van der Waals surface area contributed by atoms with Gasteiger partial charge in [0, 0.05) is 62.5 Å². The zero-order chi connectivity index (χ0) is 27.9. The Balaban J connectivity index is 1.15. The van der Waals surface area contributed by atoms with Gasteiger partial charge in [-0.05, 0) is 44.0 Å². The van der Waals surface area contributed by atoms with Crippen LogP contribution in [0.2, 0.25) is 0 Å². The fourth-order valence-corrected chi connectivity index (χ4v) is 6.88. The monoisotopic (exact) mass is 577 g/mol. The molecule has 2 fully saturated rings. The highest BCUT2D eigenvalue weighted by Gasteiger charge is 2.30. The molecule has 210 valence electrons. The molecule has 0 unspecified atom stereocenters. The molecule has 0 aliphatic carbocycles. The summed E-state index contributed by atoms with van der Waals surface area (Å²) in [4.78, 5) is 41.8. The summed E-state index contributed by atoms with van der Waals surface area (Å²) in [7, 11) is 0. The summed E-state index contributed by atoms with van der Waals surface area (Å²) < 4.78 is 5.80. The van der Waals surface area contributed by atoms with Crippen LogP contribution in [-0.4, -0.2) is 83.2 Å². The van der Waals surface area contributed by atoms with Crippen LogP contribution in [0.3, 0.4) is 0 Å². The number of amides is 2. The average Bonchev–Trinajstić information content (AvgIpc) is 3.51. The van der Waals surface area contributed by atoms with Crippen molar-refractivity contribution in [3.63, 3.8) is 0 Å². The third kappa shape index (κ3) is 6.33. The van der Waals surface area contributed by atoms with Crippen molar-refractivity contribution >= 4 is 40.6 Å². The first-order valence-corrected chi connectivity index (χ1v) is 15.6. The van der Waals surface area contributed by atoms with Gasteiger partial charge in [-0.3, -0.25) is 9.59 Å². The van der Waals surface area contributed by atoms with E-state index in [1.807, 2.05) is 58.5 Å². The summed E-state index contributed by atoms with van der Waals surface area (Å²) in [5.41, 5.74) is 2.25. The zero-order valence-corrected chi connectivity index (χ0v) is 24.5. The number of anilines is 1. The summed E-state index contributed by atoms with van der Waals surface area (Å²) in [5, 5.41) is 3.63. The number of piperazine rings is 1. The van der Waals surface area contributed by atoms with Gasteiger partial charge >= 0.3 is 0 Å². The molecule has 4 heterocycles. The van der Waals surface area contributed by atoms with Crippen LogP contribution in [0.1, 0.15) is 51.5 Å². The molecule has 0 saturated carbocycles. The Labute approximate surface area is 244 Å². The van der Waals surface area contributed by atoms with Crippen LogP contribution in [-0.2, 0) is 0 Å². The fourth-order valence-electron chi connectivity index (χ4n) is 5.19. The summed E-state index contributed by atoms with van der Waals surface area (Å²) >= 11 is 3.09. The van der Waals surface area contributed by atoms with E-state index in [4.69, 9.17) is 9.72 Å². The fraction of sp³-hybridized carbons (Fsp3) is 0.400. The highest BCUT2D eigenvalue weighted by Crippen LogP contribution is 2.33. The molecule has 0 bridgehead atoms. The summed E-state index contributed by atoms with van der Waals surface area (Å²) in [6.45, 7) is 10.5. The molecule has 2 amide bonds. The largest absolute Gasteiger partial charge is 0.492 e. The molecular formula is C30H35N5O3S2. The number of carbonyl (C=O) groups excluding carboxylic acids is 2. The van der Waals surface area contributed by atoms with Gasteiger partial charge in [-0.1, -0.05) is 18.2 Å². The van der Waals surface area contributed by atoms with E-state index >= 15 is 0 Å². The zero-order valence-electron chi connectivity index (χ0n) is 22.8. The lowest BCUT2D eigenvalue weighted by atomic mass is 9.97. The predicted molar refractivity (Wildman–Crippen MR) is 161 cm³/mol. The first-order chi connectivity index (χ1) is 19.6. The van der Waals surface area contributed by atoms with Gasteiger partial charge in [0.2, 0.25) is 0 Å². The molecule has 0 radical (unpaired) electrons. The molecule has 8 nitrogen and oxygen atoms in total.